The van der Waals surface area contributed by atoms with Crippen molar-refractivity contribution in [3.63, 3.8) is 0 Å². The molecular weight excluding hydrogens is 256 g/mol. The number of aliphatic hydroxyl groups is 1. The summed E-state index contributed by atoms with van der Waals surface area (Å²) >= 11 is 0. The van der Waals surface area contributed by atoms with Crippen LogP contribution in [0.25, 0.3) is 11.1 Å². The van der Waals surface area contributed by atoms with Crippen LogP contribution in [0.4, 0.5) is 0 Å². The highest BCUT2D eigenvalue weighted by molar-refractivity contribution is 5.81. The smallest absolute Gasteiger partial charge is 0.0541 e. The van der Waals surface area contributed by atoms with Crippen molar-refractivity contribution in [2.24, 2.45) is 0 Å². The zero-order valence-corrected chi connectivity index (χ0v) is 12.8. The van der Waals surface area contributed by atoms with Gasteiger partial charge in [-0.3, -0.25) is 0 Å². The van der Waals surface area contributed by atoms with Crippen LogP contribution in [0.5, 0.6) is 0 Å². The molecule has 2 aliphatic rings. The first-order chi connectivity index (χ1) is 10.1. The molecule has 0 amide bonds. The molecule has 0 aromatic heterocycles. The molecule has 0 bridgehead atoms. The minimum Gasteiger partial charge on any atom is -0.393 e. The second-order valence-electron chi connectivity index (χ2n) is 6.91. The van der Waals surface area contributed by atoms with Crippen molar-refractivity contribution in [3.05, 3.63) is 58.7 Å². The summed E-state index contributed by atoms with van der Waals surface area (Å²) in [5.41, 5.74) is 8.62. The van der Waals surface area contributed by atoms with Crippen molar-refractivity contribution in [2.75, 3.05) is 0 Å². The lowest BCUT2D eigenvalue weighted by atomic mass is 9.67. The Bertz CT molecular complexity index is 652. The Morgan fingerprint density at radius 3 is 1.81 bits per heavy atom. The SMILES string of the molecule is Cc1ccc2c(c1)C1(CCC(O)CC1)c1cc(C)ccc1-2. The maximum absolute atomic E-state index is 9.96. The number of rotatable bonds is 0. The van der Waals surface area contributed by atoms with Gasteiger partial charge in [0.05, 0.1) is 6.10 Å². The summed E-state index contributed by atoms with van der Waals surface area (Å²) in [6.07, 6.45) is 3.86. The van der Waals surface area contributed by atoms with Crippen LogP contribution in [0.15, 0.2) is 36.4 Å². The Morgan fingerprint density at radius 1 is 0.857 bits per heavy atom. The van der Waals surface area contributed by atoms with Crippen molar-refractivity contribution in [1.82, 2.24) is 0 Å². The lowest BCUT2D eigenvalue weighted by Crippen LogP contribution is -2.33. The van der Waals surface area contributed by atoms with Gasteiger partial charge in [-0.2, -0.15) is 0 Å². The van der Waals surface area contributed by atoms with Gasteiger partial charge in [0, 0.05) is 5.41 Å². The van der Waals surface area contributed by atoms with E-state index in [-0.39, 0.29) is 11.5 Å². The highest BCUT2D eigenvalue weighted by atomic mass is 16.3. The molecule has 1 nitrogen and oxygen atoms in total. The van der Waals surface area contributed by atoms with E-state index in [1.807, 2.05) is 0 Å². The molecule has 2 aromatic carbocycles. The van der Waals surface area contributed by atoms with E-state index in [1.165, 1.54) is 33.4 Å². The Morgan fingerprint density at radius 2 is 1.33 bits per heavy atom. The molecule has 0 atom stereocenters. The molecule has 4 rings (SSSR count). The predicted octanol–water partition coefficient (Wildman–Crippen LogP) is 4.50. The molecule has 1 N–H and O–H groups in total. The van der Waals surface area contributed by atoms with Crippen LogP contribution >= 0.6 is 0 Å². The predicted molar refractivity (Wildman–Crippen MR) is 86.6 cm³/mol. The summed E-state index contributed by atoms with van der Waals surface area (Å²) in [4.78, 5) is 0. The summed E-state index contributed by atoms with van der Waals surface area (Å²) < 4.78 is 0. The summed E-state index contributed by atoms with van der Waals surface area (Å²) in [6, 6.07) is 13.8. The molecule has 0 aliphatic heterocycles. The monoisotopic (exact) mass is 278 g/mol. The number of fused-ring (bicyclic) bond motifs is 5. The molecule has 2 aromatic rings. The average Bonchev–Trinajstić information content (AvgIpc) is 2.72. The van der Waals surface area contributed by atoms with Crippen LogP contribution in [0.2, 0.25) is 0 Å². The number of aryl methyl sites for hydroxylation is 2. The van der Waals surface area contributed by atoms with Gasteiger partial charge in [0.15, 0.2) is 0 Å². The van der Waals surface area contributed by atoms with E-state index in [9.17, 15) is 5.11 Å². The van der Waals surface area contributed by atoms with Crippen LogP contribution < -0.4 is 0 Å². The third-order valence-electron chi connectivity index (χ3n) is 5.48. The number of hydrogen-bond acceptors (Lipinski definition) is 1. The maximum atomic E-state index is 9.96. The maximum Gasteiger partial charge on any atom is 0.0541 e. The van der Waals surface area contributed by atoms with E-state index in [4.69, 9.17) is 0 Å². The van der Waals surface area contributed by atoms with E-state index < -0.39 is 0 Å². The Hall–Kier alpha value is -1.60. The van der Waals surface area contributed by atoms with E-state index >= 15 is 0 Å². The molecule has 0 heterocycles. The van der Waals surface area contributed by atoms with Crippen LogP contribution in [0.3, 0.4) is 0 Å². The molecule has 1 saturated carbocycles. The van der Waals surface area contributed by atoms with Crippen molar-refractivity contribution < 1.29 is 5.11 Å². The molecule has 2 aliphatic carbocycles. The lowest BCUT2D eigenvalue weighted by molar-refractivity contribution is 0.107. The first-order valence-corrected chi connectivity index (χ1v) is 8.01. The molecular formula is C20H22O. The van der Waals surface area contributed by atoms with Crippen LogP contribution in [0, 0.1) is 13.8 Å². The van der Waals surface area contributed by atoms with Gasteiger partial charge in [-0.1, -0.05) is 47.5 Å². The molecule has 1 spiro atoms. The molecule has 1 heteroatoms. The zero-order chi connectivity index (χ0) is 14.6. The van der Waals surface area contributed by atoms with Gasteiger partial charge in [0.1, 0.15) is 0 Å². The van der Waals surface area contributed by atoms with Crippen molar-refractivity contribution in [1.29, 1.82) is 0 Å². The normalized spacial score (nSPS) is 19.6. The van der Waals surface area contributed by atoms with E-state index in [2.05, 4.69) is 50.2 Å². The van der Waals surface area contributed by atoms with Gasteiger partial charge in [-0.15, -0.1) is 0 Å². The van der Waals surface area contributed by atoms with Crippen molar-refractivity contribution in [3.8, 4) is 11.1 Å². The Balaban J connectivity index is 1.98. The number of aliphatic hydroxyl groups excluding tert-OH is 1. The largest absolute Gasteiger partial charge is 0.393 e. The second kappa shape index (κ2) is 4.45. The van der Waals surface area contributed by atoms with Gasteiger partial charge < -0.3 is 5.11 Å². The molecule has 108 valence electrons. The van der Waals surface area contributed by atoms with Crippen molar-refractivity contribution in [2.45, 2.75) is 51.0 Å². The minimum absolute atomic E-state index is 0.113. The van der Waals surface area contributed by atoms with E-state index in [0.717, 1.165) is 25.7 Å². The van der Waals surface area contributed by atoms with Crippen LogP contribution in [0.1, 0.15) is 47.9 Å². The van der Waals surface area contributed by atoms with E-state index in [0.29, 0.717) is 0 Å². The molecule has 1 fully saturated rings. The van der Waals surface area contributed by atoms with Gasteiger partial charge >= 0.3 is 0 Å². The van der Waals surface area contributed by atoms with Crippen molar-refractivity contribution >= 4 is 0 Å². The molecule has 0 unspecified atom stereocenters. The van der Waals surface area contributed by atoms with Gasteiger partial charge in [0.2, 0.25) is 0 Å². The third-order valence-corrected chi connectivity index (χ3v) is 5.48. The highest BCUT2D eigenvalue weighted by Crippen LogP contribution is 2.55. The quantitative estimate of drug-likeness (QED) is 0.752. The standard InChI is InChI=1S/C20H22O/c1-13-3-5-16-17-6-4-14(2)12-19(17)20(18(16)11-13)9-7-15(21)8-10-20/h3-6,11-12,15,21H,7-10H2,1-2H3. The average molecular weight is 278 g/mol. The van der Waals surface area contributed by atoms with Gasteiger partial charge in [-0.25, -0.2) is 0 Å². The summed E-state index contributed by atoms with van der Waals surface area (Å²) in [5, 5.41) is 9.96. The Kier molecular flexibility index (Phi) is 2.77. The summed E-state index contributed by atoms with van der Waals surface area (Å²) in [5.74, 6) is 0. The molecule has 0 radical (unpaired) electrons. The number of hydrogen-bond donors (Lipinski definition) is 1. The molecule has 0 saturated heterocycles. The zero-order valence-electron chi connectivity index (χ0n) is 12.8. The third kappa shape index (κ3) is 1.80. The minimum atomic E-state index is -0.113. The Labute approximate surface area is 126 Å². The number of benzene rings is 2. The fourth-order valence-corrected chi connectivity index (χ4v) is 4.36. The van der Waals surface area contributed by atoms with Gasteiger partial charge in [-0.05, 0) is 61.8 Å². The van der Waals surface area contributed by atoms with E-state index in [1.54, 1.807) is 0 Å². The fraction of sp³-hybridized carbons (Fsp3) is 0.400. The summed E-state index contributed by atoms with van der Waals surface area (Å²) in [7, 11) is 0. The first-order valence-electron chi connectivity index (χ1n) is 8.01. The second-order valence-corrected chi connectivity index (χ2v) is 6.91. The molecule has 21 heavy (non-hydrogen) atoms. The lowest BCUT2D eigenvalue weighted by Gasteiger charge is -2.38. The van der Waals surface area contributed by atoms with Crippen LogP contribution in [-0.4, -0.2) is 11.2 Å². The fourth-order valence-electron chi connectivity index (χ4n) is 4.36. The topological polar surface area (TPSA) is 20.2 Å². The summed E-state index contributed by atoms with van der Waals surface area (Å²) in [6.45, 7) is 4.36. The first kappa shape index (κ1) is 13.1. The van der Waals surface area contributed by atoms with Crippen LogP contribution in [-0.2, 0) is 5.41 Å². The highest BCUT2D eigenvalue weighted by Gasteiger charge is 2.45. The van der Waals surface area contributed by atoms with Gasteiger partial charge in [0.25, 0.3) is 0 Å².